The Balaban J connectivity index is 1.98. The molecule has 2 rings (SSSR count). The summed E-state index contributed by atoms with van der Waals surface area (Å²) in [5.74, 6) is -0.342. The number of H-pyrrole nitrogens is 1. The van der Waals surface area contributed by atoms with E-state index in [2.05, 4.69) is 15.6 Å². The van der Waals surface area contributed by atoms with E-state index in [0.29, 0.717) is 11.1 Å². The Hall–Kier alpha value is -2.83. The first-order valence-electron chi connectivity index (χ1n) is 7.89. The van der Waals surface area contributed by atoms with Crippen LogP contribution in [0.3, 0.4) is 0 Å². The minimum atomic E-state index is -0.490. The molecule has 0 fully saturated rings. The molecular weight excluding hydrogens is 325 g/mol. The van der Waals surface area contributed by atoms with Crippen molar-refractivity contribution in [2.75, 3.05) is 7.11 Å². The average Bonchev–Trinajstić information content (AvgIpc) is 2.53. The maximum absolute atomic E-state index is 13.7. The molecule has 0 saturated heterocycles. The van der Waals surface area contributed by atoms with Crippen molar-refractivity contribution in [2.45, 2.75) is 33.4 Å². The SMILES string of the molecule is COc1ccc(C(C)NC(=O)NCc2c(C)cc(C)[nH]c2=O)cc1F. The van der Waals surface area contributed by atoms with E-state index in [9.17, 15) is 14.0 Å². The zero-order valence-corrected chi connectivity index (χ0v) is 14.7. The molecule has 0 bridgehead atoms. The number of aromatic nitrogens is 1. The first-order valence-corrected chi connectivity index (χ1v) is 7.89. The Bertz CT molecular complexity index is 833. The van der Waals surface area contributed by atoms with Gasteiger partial charge < -0.3 is 20.4 Å². The second-order valence-electron chi connectivity index (χ2n) is 5.89. The molecule has 25 heavy (non-hydrogen) atoms. The van der Waals surface area contributed by atoms with Crippen LogP contribution in [0.1, 0.15) is 35.3 Å². The summed E-state index contributed by atoms with van der Waals surface area (Å²) < 4.78 is 18.6. The number of hydrogen-bond acceptors (Lipinski definition) is 3. The Morgan fingerprint density at radius 3 is 2.64 bits per heavy atom. The summed E-state index contributed by atoms with van der Waals surface area (Å²) in [4.78, 5) is 26.7. The van der Waals surface area contributed by atoms with Crippen LogP contribution in [0.25, 0.3) is 0 Å². The molecule has 0 spiro atoms. The molecule has 2 amide bonds. The number of aromatic amines is 1. The van der Waals surface area contributed by atoms with Gasteiger partial charge in [0.2, 0.25) is 0 Å². The Morgan fingerprint density at radius 1 is 1.32 bits per heavy atom. The van der Waals surface area contributed by atoms with Gasteiger partial charge in [0.15, 0.2) is 11.6 Å². The van der Waals surface area contributed by atoms with Crippen molar-refractivity contribution < 1.29 is 13.9 Å². The van der Waals surface area contributed by atoms with Crippen LogP contribution in [0.4, 0.5) is 9.18 Å². The molecule has 1 unspecified atom stereocenters. The number of benzene rings is 1. The number of halogens is 1. The monoisotopic (exact) mass is 347 g/mol. The van der Waals surface area contributed by atoms with E-state index in [-0.39, 0.29) is 17.9 Å². The second-order valence-corrected chi connectivity index (χ2v) is 5.89. The van der Waals surface area contributed by atoms with Crippen molar-refractivity contribution >= 4 is 6.03 Å². The first-order chi connectivity index (χ1) is 11.8. The van der Waals surface area contributed by atoms with Gasteiger partial charge in [-0.3, -0.25) is 4.79 Å². The van der Waals surface area contributed by atoms with E-state index >= 15 is 0 Å². The van der Waals surface area contributed by atoms with Gasteiger partial charge in [-0.2, -0.15) is 0 Å². The van der Waals surface area contributed by atoms with E-state index in [1.807, 2.05) is 13.0 Å². The number of amides is 2. The fourth-order valence-electron chi connectivity index (χ4n) is 2.55. The van der Waals surface area contributed by atoms with Gasteiger partial charge in [0.05, 0.1) is 19.7 Å². The first kappa shape index (κ1) is 18.5. The highest BCUT2D eigenvalue weighted by atomic mass is 19.1. The predicted octanol–water partition coefficient (Wildman–Crippen LogP) is 2.70. The normalized spacial score (nSPS) is 11.7. The molecule has 6 nitrogen and oxygen atoms in total. The van der Waals surface area contributed by atoms with Gasteiger partial charge in [0.25, 0.3) is 5.56 Å². The van der Waals surface area contributed by atoms with Gasteiger partial charge in [-0.15, -0.1) is 0 Å². The number of carbonyl (C=O) groups is 1. The van der Waals surface area contributed by atoms with Gasteiger partial charge >= 0.3 is 6.03 Å². The van der Waals surface area contributed by atoms with Crippen LogP contribution in [0.5, 0.6) is 5.75 Å². The van der Waals surface area contributed by atoms with Gasteiger partial charge in [0, 0.05) is 11.3 Å². The molecule has 0 aliphatic heterocycles. The number of hydrogen-bond donors (Lipinski definition) is 3. The number of ether oxygens (including phenoxy) is 1. The fourth-order valence-corrected chi connectivity index (χ4v) is 2.55. The van der Waals surface area contributed by atoms with Gasteiger partial charge in [-0.25, -0.2) is 9.18 Å². The van der Waals surface area contributed by atoms with Crippen LogP contribution in [0, 0.1) is 19.7 Å². The Kier molecular flexibility index (Phi) is 5.80. The lowest BCUT2D eigenvalue weighted by Gasteiger charge is -2.16. The summed E-state index contributed by atoms with van der Waals surface area (Å²) in [6, 6.07) is 5.51. The Labute approximate surface area is 145 Å². The summed E-state index contributed by atoms with van der Waals surface area (Å²) in [6.45, 7) is 5.47. The standard InChI is InChI=1S/C18H22FN3O3/c1-10-7-11(2)21-17(23)14(10)9-20-18(24)22-12(3)13-5-6-16(25-4)15(19)8-13/h5-8,12H,9H2,1-4H3,(H,21,23)(H2,20,22,24). The highest BCUT2D eigenvalue weighted by Crippen LogP contribution is 2.21. The number of nitrogens with one attached hydrogen (secondary N) is 3. The molecule has 0 aliphatic carbocycles. The smallest absolute Gasteiger partial charge is 0.315 e. The van der Waals surface area contributed by atoms with Crippen LogP contribution in [-0.4, -0.2) is 18.1 Å². The molecule has 2 aromatic rings. The quantitative estimate of drug-likeness (QED) is 0.778. The summed E-state index contributed by atoms with van der Waals surface area (Å²) in [7, 11) is 1.39. The van der Waals surface area contributed by atoms with E-state index in [1.165, 1.54) is 19.2 Å². The van der Waals surface area contributed by atoms with Crippen LogP contribution >= 0.6 is 0 Å². The maximum Gasteiger partial charge on any atom is 0.315 e. The van der Waals surface area contributed by atoms with Crippen molar-refractivity contribution in [3.05, 3.63) is 62.8 Å². The summed E-state index contributed by atoms with van der Waals surface area (Å²) in [6.07, 6.45) is 0. The van der Waals surface area contributed by atoms with E-state index in [1.54, 1.807) is 19.9 Å². The number of urea groups is 1. The van der Waals surface area contributed by atoms with Gasteiger partial charge in [-0.1, -0.05) is 6.07 Å². The predicted molar refractivity (Wildman–Crippen MR) is 93.3 cm³/mol. The lowest BCUT2D eigenvalue weighted by atomic mass is 10.1. The largest absolute Gasteiger partial charge is 0.494 e. The second kappa shape index (κ2) is 7.83. The molecule has 7 heteroatoms. The van der Waals surface area contributed by atoms with Crippen molar-refractivity contribution in [1.29, 1.82) is 0 Å². The van der Waals surface area contributed by atoms with Crippen LogP contribution in [0.2, 0.25) is 0 Å². The third-order valence-electron chi connectivity index (χ3n) is 3.94. The fraction of sp³-hybridized carbons (Fsp3) is 0.333. The molecule has 134 valence electrons. The number of pyridine rings is 1. The molecule has 1 aromatic carbocycles. The van der Waals surface area contributed by atoms with Gasteiger partial charge in [-0.05, 0) is 50.1 Å². The van der Waals surface area contributed by atoms with Crippen molar-refractivity contribution in [3.63, 3.8) is 0 Å². The van der Waals surface area contributed by atoms with E-state index < -0.39 is 17.9 Å². The van der Waals surface area contributed by atoms with Crippen molar-refractivity contribution in [1.82, 2.24) is 15.6 Å². The van der Waals surface area contributed by atoms with E-state index in [0.717, 1.165) is 11.3 Å². The zero-order valence-electron chi connectivity index (χ0n) is 14.7. The van der Waals surface area contributed by atoms with Crippen molar-refractivity contribution in [2.24, 2.45) is 0 Å². The van der Waals surface area contributed by atoms with Crippen molar-refractivity contribution in [3.8, 4) is 5.75 Å². The highest BCUT2D eigenvalue weighted by Gasteiger charge is 2.13. The number of methoxy groups -OCH3 is 1. The molecule has 0 radical (unpaired) electrons. The molecule has 1 heterocycles. The minimum Gasteiger partial charge on any atom is -0.494 e. The third kappa shape index (κ3) is 4.59. The van der Waals surface area contributed by atoms with Gasteiger partial charge in [0.1, 0.15) is 0 Å². The number of aryl methyl sites for hydroxylation is 2. The van der Waals surface area contributed by atoms with Crippen LogP contribution in [-0.2, 0) is 6.54 Å². The summed E-state index contributed by atoms with van der Waals surface area (Å²) >= 11 is 0. The highest BCUT2D eigenvalue weighted by molar-refractivity contribution is 5.74. The minimum absolute atomic E-state index is 0.108. The molecule has 0 aliphatic rings. The Morgan fingerprint density at radius 2 is 2.04 bits per heavy atom. The molecule has 1 atom stereocenters. The molecule has 3 N–H and O–H groups in total. The van der Waals surface area contributed by atoms with E-state index in [4.69, 9.17) is 4.74 Å². The lowest BCUT2D eigenvalue weighted by molar-refractivity contribution is 0.237. The maximum atomic E-state index is 13.7. The zero-order chi connectivity index (χ0) is 18.6. The lowest BCUT2D eigenvalue weighted by Crippen LogP contribution is -2.38. The number of rotatable bonds is 5. The molecular formula is C18H22FN3O3. The van der Waals surface area contributed by atoms with Crippen LogP contribution in [0.15, 0.2) is 29.1 Å². The average molecular weight is 347 g/mol. The number of carbonyl (C=O) groups excluding carboxylic acids is 1. The summed E-state index contributed by atoms with van der Waals surface area (Å²) in [5.41, 5.74) is 2.47. The molecule has 1 aromatic heterocycles. The topological polar surface area (TPSA) is 83.2 Å². The summed E-state index contributed by atoms with van der Waals surface area (Å²) in [5, 5.41) is 5.36. The van der Waals surface area contributed by atoms with Crippen LogP contribution < -0.4 is 20.9 Å². The molecule has 0 saturated carbocycles. The third-order valence-corrected chi connectivity index (χ3v) is 3.94.